The molecule has 0 fully saturated rings. The van der Waals surface area contributed by atoms with Crippen LogP contribution in [0.1, 0.15) is 11.1 Å². The van der Waals surface area contributed by atoms with Crippen LogP contribution in [0.3, 0.4) is 0 Å². The van der Waals surface area contributed by atoms with Crippen LogP contribution in [0.5, 0.6) is 11.5 Å². The molecule has 1 heterocycles. The summed E-state index contributed by atoms with van der Waals surface area (Å²) in [4.78, 5) is 12.7. The first-order valence-corrected chi connectivity index (χ1v) is 11.2. The van der Waals surface area contributed by atoms with Crippen LogP contribution in [0.25, 0.3) is 0 Å². The predicted molar refractivity (Wildman–Crippen MR) is 118 cm³/mol. The van der Waals surface area contributed by atoms with Crippen LogP contribution in [0.4, 0.5) is 11.4 Å². The van der Waals surface area contributed by atoms with Gasteiger partial charge in [0.1, 0.15) is 11.5 Å². The summed E-state index contributed by atoms with van der Waals surface area (Å²) in [5.74, 6) is 0.767. The minimum atomic E-state index is -3.91. The number of amides is 1. The van der Waals surface area contributed by atoms with Gasteiger partial charge in [-0.15, -0.1) is 0 Å². The van der Waals surface area contributed by atoms with E-state index in [0.717, 1.165) is 5.56 Å². The minimum absolute atomic E-state index is 0.0619. The van der Waals surface area contributed by atoms with Crippen LogP contribution in [0, 0.1) is 6.92 Å². The fourth-order valence-electron chi connectivity index (χ4n) is 3.45. The van der Waals surface area contributed by atoms with Crippen LogP contribution in [-0.2, 0) is 21.2 Å². The van der Waals surface area contributed by atoms with Gasteiger partial charge in [-0.3, -0.25) is 9.52 Å². The molecule has 0 radical (unpaired) electrons. The Bertz CT molecular complexity index is 1220. The molecular formula is C23H22N2O5S. The number of methoxy groups -OCH3 is 1. The lowest BCUT2D eigenvalue weighted by Crippen LogP contribution is -2.31. The van der Waals surface area contributed by atoms with Crippen LogP contribution in [0.2, 0.25) is 0 Å². The fraction of sp³-hybridized carbons (Fsp3) is 0.174. The maximum Gasteiger partial charge on any atom is 0.265 e. The van der Waals surface area contributed by atoms with Gasteiger partial charge in [-0.25, -0.2) is 8.42 Å². The fourth-order valence-corrected chi connectivity index (χ4v) is 4.79. The summed E-state index contributed by atoms with van der Waals surface area (Å²) in [6.45, 7) is 1.69. The number of carbonyl (C=O) groups is 1. The number of ether oxygens (including phenoxy) is 2. The molecule has 1 aliphatic rings. The second-order valence-corrected chi connectivity index (χ2v) is 8.84. The summed E-state index contributed by atoms with van der Waals surface area (Å²) in [6.07, 6.45) is -0.195. The third kappa shape index (κ3) is 4.34. The van der Waals surface area contributed by atoms with E-state index in [4.69, 9.17) is 9.47 Å². The molecule has 4 rings (SSSR count). The number of fused-ring (bicyclic) bond motifs is 1. The topological polar surface area (TPSA) is 93.7 Å². The van der Waals surface area contributed by atoms with E-state index in [0.29, 0.717) is 34.9 Å². The number of rotatable bonds is 6. The minimum Gasteiger partial charge on any atom is -0.495 e. The molecule has 1 atom stereocenters. The molecule has 0 spiro atoms. The molecule has 1 unspecified atom stereocenters. The normalized spacial score (nSPS) is 15.0. The average molecular weight is 439 g/mol. The highest BCUT2D eigenvalue weighted by molar-refractivity contribution is 7.92. The highest BCUT2D eigenvalue weighted by atomic mass is 32.2. The summed E-state index contributed by atoms with van der Waals surface area (Å²) in [5, 5.41) is 2.76. The lowest BCUT2D eigenvalue weighted by molar-refractivity contribution is -0.122. The van der Waals surface area contributed by atoms with Crippen molar-refractivity contribution in [3.05, 3.63) is 77.9 Å². The zero-order valence-corrected chi connectivity index (χ0v) is 17.9. The SMILES string of the molecule is COc1ccccc1NS(=O)(=O)c1cc(NC(=O)C2Cc3ccccc3O2)ccc1C. The van der Waals surface area contributed by atoms with Crippen molar-refractivity contribution in [1.82, 2.24) is 0 Å². The van der Waals surface area contributed by atoms with Crippen molar-refractivity contribution in [3.8, 4) is 11.5 Å². The molecule has 1 amide bonds. The Morgan fingerprint density at radius 2 is 1.81 bits per heavy atom. The number of anilines is 2. The van der Waals surface area contributed by atoms with Gasteiger partial charge in [-0.05, 0) is 48.4 Å². The first-order valence-electron chi connectivity index (χ1n) is 9.69. The predicted octanol–water partition coefficient (Wildman–Crippen LogP) is 3.75. The van der Waals surface area contributed by atoms with E-state index in [9.17, 15) is 13.2 Å². The number of sulfonamides is 1. The van der Waals surface area contributed by atoms with Crippen molar-refractivity contribution in [2.45, 2.75) is 24.3 Å². The number of nitrogens with one attached hydrogen (secondary N) is 2. The van der Waals surface area contributed by atoms with E-state index >= 15 is 0 Å². The van der Waals surface area contributed by atoms with Crippen molar-refractivity contribution < 1.29 is 22.7 Å². The Labute approximate surface area is 181 Å². The average Bonchev–Trinajstić information content (AvgIpc) is 3.19. The van der Waals surface area contributed by atoms with Crippen LogP contribution in [0.15, 0.2) is 71.6 Å². The molecular weight excluding hydrogens is 416 g/mol. The molecule has 160 valence electrons. The molecule has 7 nitrogen and oxygen atoms in total. The molecule has 8 heteroatoms. The molecule has 0 saturated carbocycles. The molecule has 0 saturated heterocycles. The number of hydrogen-bond acceptors (Lipinski definition) is 5. The van der Waals surface area contributed by atoms with E-state index < -0.39 is 16.1 Å². The lowest BCUT2D eigenvalue weighted by Gasteiger charge is -2.15. The van der Waals surface area contributed by atoms with Crippen molar-refractivity contribution in [3.63, 3.8) is 0 Å². The summed E-state index contributed by atoms with van der Waals surface area (Å²) < 4.78 is 39.5. The van der Waals surface area contributed by atoms with E-state index in [-0.39, 0.29) is 10.8 Å². The standard InChI is InChI=1S/C23H22N2O5S/c1-15-11-12-17(24-23(26)21-13-16-7-3-5-9-19(16)30-21)14-22(15)31(27,28)25-18-8-4-6-10-20(18)29-2/h3-12,14,21,25H,13H2,1-2H3,(H,24,26). The highest BCUT2D eigenvalue weighted by Crippen LogP contribution is 2.30. The van der Waals surface area contributed by atoms with Gasteiger partial charge in [0, 0.05) is 12.1 Å². The quantitative estimate of drug-likeness (QED) is 0.611. The maximum atomic E-state index is 13.0. The molecule has 31 heavy (non-hydrogen) atoms. The number of carbonyl (C=O) groups excluding carboxylic acids is 1. The molecule has 0 aliphatic carbocycles. The van der Waals surface area contributed by atoms with Gasteiger partial charge in [0.25, 0.3) is 15.9 Å². The molecule has 3 aromatic rings. The first-order chi connectivity index (χ1) is 14.9. The van der Waals surface area contributed by atoms with Gasteiger partial charge >= 0.3 is 0 Å². The van der Waals surface area contributed by atoms with Crippen LogP contribution < -0.4 is 19.5 Å². The smallest absolute Gasteiger partial charge is 0.265 e. The zero-order valence-electron chi connectivity index (χ0n) is 17.1. The van der Waals surface area contributed by atoms with Gasteiger partial charge < -0.3 is 14.8 Å². The number of para-hydroxylation sites is 3. The number of aryl methyl sites for hydroxylation is 1. The zero-order chi connectivity index (χ0) is 22.0. The van der Waals surface area contributed by atoms with Crippen molar-refractivity contribution in [1.29, 1.82) is 0 Å². The Morgan fingerprint density at radius 1 is 1.06 bits per heavy atom. The van der Waals surface area contributed by atoms with Gasteiger partial charge in [0.2, 0.25) is 0 Å². The lowest BCUT2D eigenvalue weighted by atomic mass is 10.1. The van der Waals surface area contributed by atoms with Crippen molar-refractivity contribution in [2.24, 2.45) is 0 Å². The first kappa shape index (κ1) is 20.7. The second kappa shape index (κ2) is 8.31. The largest absolute Gasteiger partial charge is 0.495 e. The Hall–Kier alpha value is -3.52. The summed E-state index contributed by atoms with van der Waals surface area (Å²) in [5.41, 5.74) is 2.22. The number of benzene rings is 3. The molecule has 1 aliphatic heterocycles. The second-order valence-electron chi connectivity index (χ2n) is 7.19. The van der Waals surface area contributed by atoms with Crippen LogP contribution >= 0.6 is 0 Å². The van der Waals surface area contributed by atoms with Gasteiger partial charge in [0.15, 0.2) is 6.10 Å². The van der Waals surface area contributed by atoms with E-state index in [1.165, 1.54) is 13.2 Å². The summed E-state index contributed by atoms with van der Waals surface area (Å²) >= 11 is 0. The molecule has 0 aromatic heterocycles. The van der Waals surface area contributed by atoms with Gasteiger partial charge in [0.05, 0.1) is 17.7 Å². The maximum absolute atomic E-state index is 13.0. The third-order valence-electron chi connectivity index (χ3n) is 5.04. The number of hydrogen-bond donors (Lipinski definition) is 2. The Balaban J connectivity index is 1.54. The van der Waals surface area contributed by atoms with E-state index in [1.54, 1.807) is 43.3 Å². The van der Waals surface area contributed by atoms with E-state index in [1.807, 2.05) is 24.3 Å². The summed E-state index contributed by atoms with van der Waals surface area (Å²) in [6, 6.07) is 19.0. The summed E-state index contributed by atoms with van der Waals surface area (Å²) in [7, 11) is -2.44. The molecule has 2 N–H and O–H groups in total. The van der Waals surface area contributed by atoms with Crippen molar-refractivity contribution >= 4 is 27.3 Å². The Kier molecular flexibility index (Phi) is 5.56. The van der Waals surface area contributed by atoms with E-state index in [2.05, 4.69) is 10.0 Å². The van der Waals surface area contributed by atoms with Gasteiger partial charge in [-0.2, -0.15) is 0 Å². The van der Waals surface area contributed by atoms with Crippen LogP contribution in [-0.4, -0.2) is 27.5 Å². The monoisotopic (exact) mass is 438 g/mol. The highest BCUT2D eigenvalue weighted by Gasteiger charge is 2.29. The molecule has 3 aromatic carbocycles. The molecule has 0 bridgehead atoms. The third-order valence-corrected chi connectivity index (χ3v) is 6.54. The Morgan fingerprint density at radius 3 is 2.58 bits per heavy atom. The van der Waals surface area contributed by atoms with Gasteiger partial charge in [-0.1, -0.05) is 36.4 Å². The van der Waals surface area contributed by atoms with Crippen molar-refractivity contribution in [2.75, 3.05) is 17.1 Å².